The van der Waals surface area contributed by atoms with Crippen molar-refractivity contribution in [3.8, 4) is 0 Å². The zero-order chi connectivity index (χ0) is 13.8. The minimum absolute atomic E-state index is 0.157. The molecule has 0 spiro atoms. The molecule has 3 unspecified atom stereocenters. The fourth-order valence-corrected chi connectivity index (χ4v) is 3.83. The smallest absolute Gasteiger partial charge is 0.142 e. The van der Waals surface area contributed by atoms with Crippen LogP contribution >= 0.6 is 23.4 Å². The lowest BCUT2D eigenvalue weighted by atomic mass is 9.93. The normalized spacial score (nSPS) is 25.3. The first-order chi connectivity index (χ1) is 9.11. The topological polar surface area (TPSA) is 12.0 Å². The molecule has 0 heterocycles. The highest BCUT2D eigenvalue weighted by Gasteiger charge is 2.25. The van der Waals surface area contributed by atoms with E-state index in [-0.39, 0.29) is 16.9 Å². The van der Waals surface area contributed by atoms with E-state index in [4.69, 9.17) is 11.6 Å². The SMILES string of the molecule is CSC1CCCCC1NC(C)c1ccc(Cl)c(F)c1. The van der Waals surface area contributed by atoms with Crippen molar-refractivity contribution in [3.05, 3.63) is 34.6 Å². The van der Waals surface area contributed by atoms with Crippen molar-refractivity contribution in [2.24, 2.45) is 0 Å². The van der Waals surface area contributed by atoms with Crippen LogP contribution in [0, 0.1) is 5.82 Å². The Morgan fingerprint density at radius 1 is 1.37 bits per heavy atom. The Morgan fingerprint density at radius 2 is 2.11 bits per heavy atom. The zero-order valence-corrected chi connectivity index (χ0v) is 13.0. The van der Waals surface area contributed by atoms with Gasteiger partial charge in [-0.1, -0.05) is 30.5 Å². The molecule has 1 saturated carbocycles. The lowest BCUT2D eigenvalue weighted by Gasteiger charge is -2.33. The van der Waals surface area contributed by atoms with Crippen molar-refractivity contribution in [1.29, 1.82) is 0 Å². The molecule has 1 N–H and O–H groups in total. The van der Waals surface area contributed by atoms with Gasteiger partial charge in [-0.3, -0.25) is 0 Å². The lowest BCUT2D eigenvalue weighted by molar-refractivity contribution is 0.356. The number of benzene rings is 1. The number of thioether (sulfide) groups is 1. The second-order valence-corrected chi connectivity index (χ2v) is 6.71. The number of hydrogen-bond acceptors (Lipinski definition) is 2. The Hall–Kier alpha value is -0.250. The molecule has 1 aromatic carbocycles. The van der Waals surface area contributed by atoms with Crippen LogP contribution < -0.4 is 5.32 Å². The highest BCUT2D eigenvalue weighted by Crippen LogP contribution is 2.29. The molecule has 19 heavy (non-hydrogen) atoms. The third-order valence-corrected chi connectivity index (χ3v) is 5.39. The second-order valence-electron chi connectivity index (χ2n) is 5.23. The maximum atomic E-state index is 13.5. The van der Waals surface area contributed by atoms with E-state index in [0.717, 1.165) is 5.56 Å². The van der Waals surface area contributed by atoms with Gasteiger partial charge in [-0.05, 0) is 43.7 Å². The van der Waals surface area contributed by atoms with Crippen LogP contribution in [0.2, 0.25) is 5.02 Å². The van der Waals surface area contributed by atoms with Crippen molar-refractivity contribution < 1.29 is 4.39 Å². The maximum absolute atomic E-state index is 13.5. The fourth-order valence-electron chi connectivity index (χ4n) is 2.77. The van der Waals surface area contributed by atoms with Gasteiger partial charge in [-0.25, -0.2) is 4.39 Å². The van der Waals surface area contributed by atoms with Crippen molar-refractivity contribution in [3.63, 3.8) is 0 Å². The quantitative estimate of drug-likeness (QED) is 0.857. The molecule has 1 aliphatic carbocycles. The minimum atomic E-state index is -0.335. The van der Waals surface area contributed by atoms with Crippen molar-refractivity contribution in [2.45, 2.75) is 49.9 Å². The number of hydrogen-bond donors (Lipinski definition) is 1. The van der Waals surface area contributed by atoms with Gasteiger partial charge in [0.2, 0.25) is 0 Å². The van der Waals surface area contributed by atoms with Crippen LogP contribution in [0.15, 0.2) is 18.2 Å². The number of nitrogens with one attached hydrogen (secondary N) is 1. The molecular weight excluding hydrogens is 281 g/mol. The highest BCUT2D eigenvalue weighted by atomic mass is 35.5. The molecule has 2 rings (SSSR count). The fraction of sp³-hybridized carbons (Fsp3) is 0.600. The predicted octanol–water partition coefficient (Wildman–Crippen LogP) is 4.80. The van der Waals surface area contributed by atoms with E-state index in [0.29, 0.717) is 11.3 Å². The van der Waals surface area contributed by atoms with Crippen LogP contribution in [0.25, 0.3) is 0 Å². The summed E-state index contributed by atoms with van der Waals surface area (Å²) in [5.41, 5.74) is 0.965. The molecular formula is C15H21ClFNS. The summed E-state index contributed by atoms with van der Waals surface area (Å²) in [6.45, 7) is 2.09. The molecule has 0 aliphatic heterocycles. The van der Waals surface area contributed by atoms with Crippen molar-refractivity contribution in [1.82, 2.24) is 5.32 Å². The second kappa shape index (κ2) is 6.96. The van der Waals surface area contributed by atoms with Gasteiger partial charge in [0, 0.05) is 17.3 Å². The average Bonchev–Trinajstić information content (AvgIpc) is 2.42. The summed E-state index contributed by atoms with van der Waals surface area (Å²) in [7, 11) is 0. The molecule has 0 saturated heterocycles. The van der Waals surface area contributed by atoms with E-state index in [1.165, 1.54) is 31.7 Å². The first kappa shape index (κ1) is 15.1. The van der Waals surface area contributed by atoms with Crippen molar-refractivity contribution >= 4 is 23.4 Å². The summed E-state index contributed by atoms with van der Waals surface area (Å²) in [6.07, 6.45) is 7.29. The lowest BCUT2D eigenvalue weighted by Crippen LogP contribution is -2.41. The van der Waals surface area contributed by atoms with Gasteiger partial charge in [0.1, 0.15) is 5.82 Å². The van der Waals surface area contributed by atoms with E-state index in [2.05, 4.69) is 18.5 Å². The van der Waals surface area contributed by atoms with Gasteiger partial charge < -0.3 is 5.32 Å². The van der Waals surface area contributed by atoms with Gasteiger partial charge >= 0.3 is 0 Å². The summed E-state index contributed by atoms with van der Waals surface area (Å²) in [5.74, 6) is -0.335. The average molecular weight is 302 g/mol. The molecule has 3 atom stereocenters. The van der Waals surface area contributed by atoms with E-state index in [1.807, 2.05) is 17.8 Å². The van der Waals surface area contributed by atoms with E-state index in [9.17, 15) is 4.39 Å². The first-order valence-corrected chi connectivity index (χ1v) is 8.52. The van der Waals surface area contributed by atoms with Gasteiger partial charge in [0.05, 0.1) is 5.02 Å². The Morgan fingerprint density at radius 3 is 2.79 bits per heavy atom. The Labute approximate surface area is 124 Å². The third kappa shape index (κ3) is 3.87. The van der Waals surface area contributed by atoms with Crippen LogP contribution in [0.1, 0.15) is 44.2 Å². The molecule has 106 valence electrons. The van der Waals surface area contributed by atoms with Crippen LogP contribution in [0.3, 0.4) is 0 Å². The van der Waals surface area contributed by atoms with Crippen molar-refractivity contribution in [2.75, 3.05) is 6.26 Å². The largest absolute Gasteiger partial charge is 0.306 e. The third-order valence-electron chi connectivity index (χ3n) is 3.91. The zero-order valence-electron chi connectivity index (χ0n) is 11.5. The van der Waals surface area contributed by atoms with E-state index >= 15 is 0 Å². The van der Waals surface area contributed by atoms with Gasteiger partial charge in [0.25, 0.3) is 0 Å². The summed E-state index contributed by atoms with van der Waals surface area (Å²) < 4.78 is 13.5. The number of halogens is 2. The monoisotopic (exact) mass is 301 g/mol. The first-order valence-electron chi connectivity index (χ1n) is 6.85. The molecule has 0 bridgehead atoms. The summed E-state index contributed by atoms with van der Waals surface area (Å²) in [6, 6.07) is 5.76. The summed E-state index contributed by atoms with van der Waals surface area (Å²) in [4.78, 5) is 0. The molecule has 0 radical (unpaired) electrons. The predicted molar refractivity (Wildman–Crippen MR) is 82.5 cm³/mol. The standard InChI is InChI=1S/C15H21ClFNS/c1-10(11-7-8-12(16)13(17)9-11)18-14-5-3-4-6-15(14)19-2/h7-10,14-15,18H,3-6H2,1-2H3. The molecule has 1 fully saturated rings. The van der Waals surface area contributed by atoms with Gasteiger partial charge in [-0.15, -0.1) is 0 Å². The maximum Gasteiger partial charge on any atom is 0.142 e. The van der Waals surface area contributed by atoms with Gasteiger partial charge in [0.15, 0.2) is 0 Å². The molecule has 4 heteroatoms. The summed E-state index contributed by atoms with van der Waals surface area (Å²) in [5, 5.41) is 4.52. The molecule has 0 amide bonds. The number of rotatable bonds is 4. The molecule has 0 aromatic heterocycles. The van der Waals surface area contributed by atoms with E-state index in [1.54, 1.807) is 6.07 Å². The summed E-state index contributed by atoms with van der Waals surface area (Å²) >= 11 is 7.66. The van der Waals surface area contributed by atoms with Crippen LogP contribution in [0.4, 0.5) is 4.39 Å². The molecule has 1 aromatic rings. The van der Waals surface area contributed by atoms with Crippen LogP contribution in [-0.2, 0) is 0 Å². The van der Waals surface area contributed by atoms with E-state index < -0.39 is 0 Å². The molecule has 1 aliphatic rings. The Balaban J connectivity index is 2.02. The van der Waals surface area contributed by atoms with Gasteiger partial charge in [-0.2, -0.15) is 11.8 Å². The van der Waals surface area contributed by atoms with Crippen LogP contribution in [-0.4, -0.2) is 17.5 Å². The Bertz CT molecular complexity index is 427. The minimum Gasteiger partial charge on any atom is -0.306 e. The molecule has 1 nitrogen and oxygen atoms in total. The highest BCUT2D eigenvalue weighted by molar-refractivity contribution is 7.99. The van der Waals surface area contributed by atoms with Crippen LogP contribution in [0.5, 0.6) is 0 Å². The Kier molecular flexibility index (Phi) is 5.55.